The Bertz CT molecular complexity index is 1090. The third-order valence-electron chi connectivity index (χ3n) is 6.47. The highest BCUT2D eigenvalue weighted by Gasteiger charge is 2.26. The fourth-order valence-electron chi connectivity index (χ4n) is 4.66. The summed E-state index contributed by atoms with van der Waals surface area (Å²) in [5, 5.41) is 15.7. The normalized spacial score (nSPS) is 16.6. The molecule has 0 spiro atoms. The van der Waals surface area contributed by atoms with E-state index in [0.717, 1.165) is 48.6 Å². The highest BCUT2D eigenvalue weighted by Crippen LogP contribution is 2.34. The Hall–Kier alpha value is -2.71. The second-order valence-electron chi connectivity index (χ2n) is 10.5. The van der Waals surface area contributed by atoms with Gasteiger partial charge in [-0.1, -0.05) is 61.9 Å². The fourth-order valence-corrected chi connectivity index (χ4v) is 4.66. The van der Waals surface area contributed by atoms with Crippen LogP contribution >= 0.6 is 0 Å². The lowest BCUT2D eigenvalue weighted by molar-refractivity contribution is -0.00399. The van der Waals surface area contributed by atoms with E-state index in [2.05, 4.69) is 37.8 Å². The van der Waals surface area contributed by atoms with E-state index in [1.165, 1.54) is 5.56 Å². The van der Waals surface area contributed by atoms with Crippen molar-refractivity contribution in [1.82, 2.24) is 14.7 Å². The maximum atomic E-state index is 10.8. The fraction of sp³-hybridized carbons (Fsp3) is 0.500. The third-order valence-corrected chi connectivity index (χ3v) is 6.47. The minimum Gasteiger partial charge on any atom is -0.439 e. The molecule has 2 heterocycles. The Balaban J connectivity index is 1.62. The van der Waals surface area contributed by atoms with E-state index in [1.807, 2.05) is 54.2 Å². The largest absolute Gasteiger partial charge is 0.439 e. The molecule has 0 radical (unpaired) electrons. The lowest BCUT2D eigenvalue weighted by Gasteiger charge is -2.28. The van der Waals surface area contributed by atoms with Crippen LogP contribution in [-0.2, 0) is 23.1 Å². The number of aryl methyl sites for hydroxylation is 2. The van der Waals surface area contributed by atoms with Crippen molar-refractivity contribution in [3.05, 3.63) is 65.7 Å². The van der Waals surface area contributed by atoms with Crippen LogP contribution in [0.25, 0.3) is 11.3 Å². The number of aliphatic hydroxyl groups excluding tert-OH is 1. The molecule has 1 saturated heterocycles. The second-order valence-corrected chi connectivity index (χ2v) is 10.5. The van der Waals surface area contributed by atoms with Gasteiger partial charge in [-0.3, -0.25) is 4.90 Å². The van der Waals surface area contributed by atoms with E-state index in [9.17, 15) is 5.11 Å². The minimum atomic E-state index is -0.599. The summed E-state index contributed by atoms with van der Waals surface area (Å²) in [5.74, 6) is 1.90. The molecule has 0 amide bonds. The van der Waals surface area contributed by atoms with E-state index in [-0.39, 0.29) is 6.10 Å². The summed E-state index contributed by atoms with van der Waals surface area (Å²) >= 11 is 0. The van der Waals surface area contributed by atoms with Crippen molar-refractivity contribution in [2.45, 2.75) is 52.4 Å². The summed E-state index contributed by atoms with van der Waals surface area (Å²) in [4.78, 5) is 2.25. The van der Waals surface area contributed by atoms with E-state index in [0.29, 0.717) is 38.1 Å². The van der Waals surface area contributed by atoms with Crippen LogP contribution in [0.3, 0.4) is 0 Å². The number of aromatic nitrogens is 2. The van der Waals surface area contributed by atoms with Gasteiger partial charge in [-0.2, -0.15) is 5.10 Å². The van der Waals surface area contributed by atoms with Crippen molar-refractivity contribution in [1.29, 1.82) is 0 Å². The van der Waals surface area contributed by atoms with Gasteiger partial charge in [0.2, 0.25) is 5.88 Å². The molecule has 2 aromatic carbocycles. The average Bonchev–Trinajstić information content (AvgIpc) is 3.49. The van der Waals surface area contributed by atoms with Crippen LogP contribution < -0.4 is 4.74 Å². The van der Waals surface area contributed by atoms with E-state index >= 15 is 0 Å². The second kappa shape index (κ2) is 13.2. The molecule has 1 aliphatic rings. The van der Waals surface area contributed by atoms with Crippen LogP contribution in [0.15, 0.2) is 54.6 Å². The number of hydrogen-bond donors (Lipinski definition) is 1. The van der Waals surface area contributed by atoms with Crippen molar-refractivity contribution in [2.24, 2.45) is 13.0 Å². The van der Waals surface area contributed by atoms with Crippen molar-refractivity contribution in [3.63, 3.8) is 0 Å². The molecule has 7 nitrogen and oxygen atoms in total. The zero-order valence-corrected chi connectivity index (χ0v) is 22.6. The van der Waals surface area contributed by atoms with Crippen molar-refractivity contribution in [2.75, 3.05) is 32.9 Å². The molecule has 4 rings (SSSR count). The van der Waals surface area contributed by atoms with Crippen LogP contribution in [0.5, 0.6) is 11.6 Å². The lowest BCUT2D eigenvalue weighted by atomic mass is 10.1. The molecule has 1 aliphatic heterocycles. The maximum Gasteiger partial charge on any atom is 0.222 e. The SMILES string of the molecule is Cc1ccc(Oc2c(CN(C[C@@H](O)COCC(C)C)C[C@H]3CCCO3)c(-c3ccccc3)nn2C)cc1. The van der Waals surface area contributed by atoms with E-state index < -0.39 is 6.10 Å². The summed E-state index contributed by atoms with van der Waals surface area (Å²) in [5.41, 5.74) is 4.08. The maximum absolute atomic E-state index is 10.8. The smallest absolute Gasteiger partial charge is 0.222 e. The standard InChI is InChI=1S/C30H41N3O4/c1-22(2)20-35-21-25(34)17-33(18-27-11-8-16-36-27)19-28-29(24-9-6-5-7-10-24)31-32(4)30(28)37-26-14-12-23(3)13-15-26/h5-7,9-10,12-15,22,25,27,34H,8,11,16-21H2,1-4H3/t25-,27-/m1/s1. The first-order valence-corrected chi connectivity index (χ1v) is 13.3. The summed E-state index contributed by atoms with van der Waals surface area (Å²) in [6, 6.07) is 18.2. The molecule has 37 heavy (non-hydrogen) atoms. The molecule has 1 fully saturated rings. The predicted octanol–water partition coefficient (Wildman–Crippen LogP) is 5.20. The van der Waals surface area contributed by atoms with Gasteiger partial charge < -0.3 is 19.3 Å². The van der Waals surface area contributed by atoms with E-state index in [4.69, 9.17) is 19.3 Å². The summed E-state index contributed by atoms with van der Waals surface area (Å²) in [6.07, 6.45) is 1.66. The summed E-state index contributed by atoms with van der Waals surface area (Å²) in [7, 11) is 1.92. The topological polar surface area (TPSA) is 69.0 Å². The van der Waals surface area contributed by atoms with Crippen LogP contribution in [0, 0.1) is 12.8 Å². The quantitative estimate of drug-likeness (QED) is 0.343. The lowest BCUT2D eigenvalue weighted by Crippen LogP contribution is -2.39. The first-order valence-electron chi connectivity index (χ1n) is 13.3. The zero-order valence-electron chi connectivity index (χ0n) is 22.6. The van der Waals surface area contributed by atoms with Crippen LogP contribution in [-0.4, -0.2) is 64.9 Å². The number of aliphatic hydroxyl groups is 1. The molecule has 0 saturated carbocycles. The van der Waals surface area contributed by atoms with Gasteiger partial charge in [0, 0.05) is 45.5 Å². The number of hydrogen-bond acceptors (Lipinski definition) is 6. The van der Waals surface area contributed by atoms with Crippen LogP contribution in [0.1, 0.15) is 37.8 Å². The van der Waals surface area contributed by atoms with Gasteiger partial charge in [0.25, 0.3) is 0 Å². The average molecular weight is 508 g/mol. The minimum absolute atomic E-state index is 0.155. The van der Waals surface area contributed by atoms with Gasteiger partial charge in [0.15, 0.2) is 0 Å². The van der Waals surface area contributed by atoms with Gasteiger partial charge in [-0.05, 0) is 37.8 Å². The van der Waals surface area contributed by atoms with Crippen molar-refractivity contribution >= 4 is 0 Å². The van der Waals surface area contributed by atoms with E-state index in [1.54, 1.807) is 0 Å². The Kier molecular flexibility index (Phi) is 9.75. The Labute approximate surface area is 221 Å². The first kappa shape index (κ1) is 27.3. The van der Waals surface area contributed by atoms with Crippen LogP contribution in [0.2, 0.25) is 0 Å². The number of ether oxygens (including phenoxy) is 3. The molecule has 0 aliphatic carbocycles. The Morgan fingerprint density at radius 1 is 1.11 bits per heavy atom. The predicted molar refractivity (Wildman–Crippen MR) is 146 cm³/mol. The Morgan fingerprint density at radius 2 is 1.86 bits per heavy atom. The summed E-state index contributed by atoms with van der Waals surface area (Å²) in [6.45, 7) is 9.80. The third kappa shape index (κ3) is 7.89. The van der Waals surface area contributed by atoms with Crippen LogP contribution in [0.4, 0.5) is 0 Å². The van der Waals surface area contributed by atoms with Gasteiger partial charge >= 0.3 is 0 Å². The number of rotatable bonds is 13. The molecule has 3 aromatic rings. The first-order chi connectivity index (χ1) is 17.9. The highest BCUT2D eigenvalue weighted by atomic mass is 16.5. The molecule has 0 bridgehead atoms. The van der Waals surface area contributed by atoms with Gasteiger partial charge in [0.05, 0.1) is 24.4 Å². The van der Waals surface area contributed by atoms with Gasteiger partial charge in [0.1, 0.15) is 11.4 Å². The molecule has 0 unspecified atom stereocenters. The number of benzene rings is 2. The van der Waals surface area contributed by atoms with Crippen molar-refractivity contribution in [3.8, 4) is 22.9 Å². The molecular formula is C30H41N3O4. The van der Waals surface area contributed by atoms with Gasteiger partial charge in [-0.25, -0.2) is 4.68 Å². The molecular weight excluding hydrogens is 466 g/mol. The zero-order chi connectivity index (χ0) is 26.2. The molecule has 7 heteroatoms. The monoisotopic (exact) mass is 507 g/mol. The molecule has 1 aromatic heterocycles. The van der Waals surface area contributed by atoms with Crippen molar-refractivity contribution < 1.29 is 19.3 Å². The Morgan fingerprint density at radius 3 is 2.54 bits per heavy atom. The summed E-state index contributed by atoms with van der Waals surface area (Å²) < 4.78 is 19.9. The molecule has 1 N–H and O–H groups in total. The highest BCUT2D eigenvalue weighted by molar-refractivity contribution is 5.65. The molecule has 200 valence electrons. The van der Waals surface area contributed by atoms with Gasteiger partial charge in [-0.15, -0.1) is 0 Å². The molecule has 2 atom stereocenters. The number of nitrogens with zero attached hydrogens (tertiary/aromatic N) is 3.